The van der Waals surface area contributed by atoms with E-state index in [1.807, 2.05) is 0 Å². The molecule has 0 saturated carbocycles. The van der Waals surface area contributed by atoms with Crippen molar-refractivity contribution >= 4 is 17.7 Å². The van der Waals surface area contributed by atoms with Crippen molar-refractivity contribution < 1.29 is 23.5 Å². The standard InChI is InChI=1S/C16H14F2N4O3/c1-22-14(23)5-11(15(22)8-2-3-9(17)10(18)4-8)21-13-7-19-12(6-20-13)16(24)25/h2-4,6-7,11,15H,5H2,1H3,(H,20,21)(H,24,25). The van der Waals surface area contributed by atoms with Crippen LogP contribution in [0.5, 0.6) is 0 Å². The zero-order valence-corrected chi connectivity index (χ0v) is 13.1. The Kier molecular flexibility index (Phi) is 4.30. The molecule has 0 aliphatic carbocycles. The lowest BCUT2D eigenvalue weighted by atomic mass is 10.00. The molecule has 0 bridgehead atoms. The number of nitrogens with zero attached hydrogens (tertiary/aromatic N) is 3. The minimum absolute atomic E-state index is 0.128. The smallest absolute Gasteiger partial charge is 0.356 e. The molecule has 1 saturated heterocycles. The average Bonchev–Trinajstić information content (AvgIpc) is 2.85. The van der Waals surface area contributed by atoms with Gasteiger partial charge in [0.2, 0.25) is 5.91 Å². The van der Waals surface area contributed by atoms with Crippen molar-refractivity contribution in [1.29, 1.82) is 0 Å². The SMILES string of the molecule is CN1C(=O)CC(Nc2cnc(C(=O)O)cn2)C1c1ccc(F)c(F)c1. The van der Waals surface area contributed by atoms with Crippen LogP contribution in [0.1, 0.15) is 28.5 Å². The third-order valence-electron chi connectivity index (χ3n) is 4.08. The van der Waals surface area contributed by atoms with Crippen molar-refractivity contribution in [3.8, 4) is 0 Å². The lowest BCUT2D eigenvalue weighted by Crippen LogP contribution is -2.30. The van der Waals surface area contributed by atoms with Crippen molar-refractivity contribution in [3.05, 3.63) is 53.5 Å². The van der Waals surface area contributed by atoms with Gasteiger partial charge < -0.3 is 15.3 Å². The summed E-state index contributed by atoms with van der Waals surface area (Å²) < 4.78 is 26.7. The Hall–Kier alpha value is -3.10. The number of halogens is 2. The third-order valence-corrected chi connectivity index (χ3v) is 4.08. The summed E-state index contributed by atoms with van der Waals surface area (Å²) in [5.74, 6) is -3.03. The van der Waals surface area contributed by atoms with Crippen LogP contribution in [0.3, 0.4) is 0 Å². The van der Waals surface area contributed by atoms with Crippen LogP contribution >= 0.6 is 0 Å². The van der Waals surface area contributed by atoms with Crippen LogP contribution in [0, 0.1) is 11.6 Å². The van der Waals surface area contributed by atoms with Gasteiger partial charge in [0.15, 0.2) is 17.3 Å². The monoisotopic (exact) mass is 348 g/mol. The molecule has 2 atom stereocenters. The van der Waals surface area contributed by atoms with Gasteiger partial charge in [-0.15, -0.1) is 0 Å². The molecule has 0 radical (unpaired) electrons. The van der Waals surface area contributed by atoms with Gasteiger partial charge in [-0.2, -0.15) is 0 Å². The van der Waals surface area contributed by atoms with Crippen LogP contribution in [0.2, 0.25) is 0 Å². The lowest BCUT2D eigenvalue weighted by Gasteiger charge is -2.26. The second kappa shape index (κ2) is 6.42. The highest BCUT2D eigenvalue weighted by Gasteiger charge is 2.39. The first-order chi connectivity index (χ1) is 11.9. The van der Waals surface area contributed by atoms with Gasteiger partial charge in [-0.1, -0.05) is 6.07 Å². The summed E-state index contributed by atoms with van der Waals surface area (Å²) in [6, 6.07) is 2.52. The number of carbonyl (C=O) groups excluding carboxylic acids is 1. The van der Waals surface area contributed by atoms with E-state index in [0.29, 0.717) is 5.56 Å². The van der Waals surface area contributed by atoms with Gasteiger partial charge in [0.1, 0.15) is 5.82 Å². The van der Waals surface area contributed by atoms with Gasteiger partial charge >= 0.3 is 5.97 Å². The van der Waals surface area contributed by atoms with Crippen LogP contribution in [0.15, 0.2) is 30.6 Å². The summed E-state index contributed by atoms with van der Waals surface area (Å²) >= 11 is 0. The molecule has 7 nitrogen and oxygen atoms in total. The number of likely N-dealkylation sites (tertiary alicyclic amines) is 1. The number of nitrogens with one attached hydrogen (secondary N) is 1. The molecule has 1 amide bonds. The average molecular weight is 348 g/mol. The number of rotatable bonds is 4. The first kappa shape index (κ1) is 16.7. The van der Waals surface area contributed by atoms with Crippen molar-refractivity contribution in [2.75, 3.05) is 12.4 Å². The zero-order chi connectivity index (χ0) is 18.1. The number of carbonyl (C=O) groups is 2. The Morgan fingerprint density at radius 1 is 1.28 bits per heavy atom. The molecule has 2 unspecified atom stereocenters. The maximum atomic E-state index is 13.6. The molecule has 0 spiro atoms. The Morgan fingerprint density at radius 2 is 2.04 bits per heavy atom. The molecule has 2 N–H and O–H groups in total. The summed E-state index contributed by atoms with van der Waals surface area (Å²) in [6.07, 6.45) is 2.47. The minimum Gasteiger partial charge on any atom is -0.476 e. The summed E-state index contributed by atoms with van der Waals surface area (Å²) in [5, 5.41) is 11.8. The highest BCUT2D eigenvalue weighted by Crippen LogP contribution is 2.34. The van der Waals surface area contributed by atoms with Crippen LogP contribution < -0.4 is 5.32 Å². The molecule has 1 aromatic heterocycles. The molecule has 1 fully saturated rings. The summed E-state index contributed by atoms with van der Waals surface area (Å²) in [5.41, 5.74) is 0.238. The highest BCUT2D eigenvalue weighted by atomic mass is 19.2. The molecule has 1 aliphatic rings. The van der Waals surface area contributed by atoms with Gasteiger partial charge in [-0.05, 0) is 17.7 Å². The fourth-order valence-electron chi connectivity index (χ4n) is 2.85. The number of carboxylic acids is 1. The lowest BCUT2D eigenvalue weighted by molar-refractivity contribution is -0.127. The second-order valence-electron chi connectivity index (χ2n) is 5.67. The maximum Gasteiger partial charge on any atom is 0.356 e. The molecular weight excluding hydrogens is 334 g/mol. The van der Waals surface area contributed by atoms with Gasteiger partial charge in [0.25, 0.3) is 0 Å². The summed E-state index contributed by atoms with van der Waals surface area (Å²) in [4.78, 5) is 32.0. The number of carboxylic acid groups (broad SMARTS) is 1. The van der Waals surface area contributed by atoms with Gasteiger partial charge in [0.05, 0.1) is 24.5 Å². The highest BCUT2D eigenvalue weighted by molar-refractivity contribution is 5.85. The largest absolute Gasteiger partial charge is 0.476 e. The molecule has 25 heavy (non-hydrogen) atoms. The summed E-state index contributed by atoms with van der Waals surface area (Å²) in [6.45, 7) is 0. The van der Waals surface area contributed by atoms with Crippen LogP contribution in [-0.2, 0) is 4.79 Å². The van der Waals surface area contributed by atoms with Crippen LogP contribution in [0.25, 0.3) is 0 Å². The second-order valence-corrected chi connectivity index (χ2v) is 5.67. The van der Waals surface area contributed by atoms with E-state index < -0.39 is 29.7 Å². The Morgan fingerprint density at radius 3 is 2.64 bits per heavy atom. The van der Waals surface area contributed by atoms with Crippen molar-refractivity contribution in [2.45, 2.75) is 18.5 Å². The number of amides is 1. The number of anilines is 1. The van der Waals surface area contributed by atoms with Gasteiger partial charge in [0, 0.05) is 13.5 Å². The fourth-order valence-corrected chi connectivity index (χ4v) is 2.85. The topological polar surface area (TPSA) is 95.4 Å². The minimum atomic E-state index is -1.20. The zero-order valence-electron chi connectivity index (χ0n) is 13.1. The fraction of sp³-hybridized carbons (Fsp3) is 0.250. The van der Waals surface area contributed by atoms with Crippen LogP contribution in [-0.4, -0.2) is 44.9 Å². The Bertz CT molecular complexity index is 829. The number of hydrogen-bond donors (Lipinski definition) is 2. The molecule has 1 aromatic carbocycles. The van der Waals surface area contributed by atoms with Gasteiger partial charge in [-0.3, -0.25) is 4.79 Å². The molecule has 130 valence electrons. The summed E-state index contributed by atoms with van der Waals surface area (Å²) in [7, 11) is 1.58. The number of likely N-dealkylation sites (N-methyl/N-ethyl adjacent to an activating group) is 1. The van der Waals surface area contributed by atoms with Crippen LogP contribution in [0.4, 0.5) is 14.6 Å². The van der Waals surface area contributed by atoms with E-state index in [1.165, 1.54) is 17.2 Å². The Labute approximate surface area is 141 Å². The number of hydrogen-bond acceptors (Lipinski definition) is 5. The van der Waals surface area contributed by atoms with E-state index in [2.05, 4.69) is 15.3 Å². The van der Waals surface area contributed by atoms with Gasteiger partial charge in [-0.25, -0.2) is 23.5 Å². The van der Waals surface area contributed by atoms with E-state index in [1.54, 1.807) is 7.05 Å². The van der Waals surface area contributed by atoms with Crippen molar-refractivity contribution in [1.82, 2.24) is 14.9 Å². The van der Waals surface area contributed by atoms with E-state index in [9.17, 15) is 18.4 Å². The predicted molar refractivity (Wildman–Crippen MR) is 82.9 cm³/mol. The normalized spacial score (nSPS) is 20.0. The van der Waals surface area contributed by atoms with Crippen molar-refractivity contribution in [2.24, 2.45) is 0 Å². The molecular formula is C16H14F2N4O3. The first-order valence-corrected chi connectivity index (χ1v) is 7.39. The maximum absolute atomic E-state index is 13.6. The predicted octanol–water partition coefficient (Wildman–Crippen LogP) is 1.84. The van der Waals surface area contributed by atoms with E-state index in [4.69, 9.17) is 5.11 Å². The quantitative estimate of drug-likeness (QED) is 0.875. The molecule has 2 heterocycles. The van der Waals surface area contributed by atoms with E-state index in [0.717, 1.165) is 18.3 Å². The Balaban J connectivity index is 1.86. The van der Waals surface area contributed by atoms with E-state index in [-0.39, 0.29) is 23.8 Å². The molecule has 1 aliphatic heterocycles. The van der Waals surface area contributed by atoms with E-state index >= 15 is 0 Å². The van der Waals surface area contributed by atoms with Crippen molar-refractivity contribution in [3.63, 3.8) is 0 Å². The molecule has 9 heteroatoms. The number of aromatic nitrogens is 2. The molecule has 2 aromatic rings. The first-order valence-electron chi connectivity index (χ1n) is 7.39. The molecule has 3 rings (SSSR count). The number of aromatic carboxylic acids is 1. The number of benzene rings is 1. The third kappa shape index (κ3) is 3.25.